The molecule has 0 bridgehead atoms. The number of nitrogens with zero attached hydrogens (tertiary/aromatic N) is 2. The van der Waals surface area contributed by atoms with Crippen LogP contribution in [0.4, 0.5) is 10.8 Å². The van der Waals surface area contributed by atoms with Crippen LogP contribution >= 0.6 is 34.7 Å². The molecule has 0 unspecified atom stereocenters. The highest BCUT2D eigenvalue weighted by Gasteiger charge is 2.22. The third-order valence-electron chi connectivity index (χ3n) is 4.38. The van der Waals surface area contributed by atoms with E-state index in [9.17, 15) is 9.59 Å². The van der Waals surface area contributed by atoms with Crippen LogP contribution < -0.4 is 10.6 Å². The molecule has 0 aliphatic rings. The molecule has 6 nitrogen and oxygen atoms in total. The van der Waals surface area contributed by atoms with Crippen molar-refractivity contribution in [2.24, 2.45) is 0 Å². The molecule has 0 radical (unpaired) electrons. The average molecular weight is 461 g/mol. The third kappa shape index (κ3) is 5.38. The van der Waals surface area contributed by atoms with E-state index in [0.717, 1.165) is 16.8 Å². The molecule has 1 atom stereocenters. The van der Waals surface area contributed by atoms with Gasteiger partial charge in [-0.1, -0.05) is 72.0 Å². The van der Waals surface area contributed by atoms with Crippen LogP contribution in [0.25, 0.3) is 0 Å². The van der Waals surface area contributed by atoms with Gasteiger partial charge in [-0.15, -0.1) is 10.2 Å². The predicted molar refractivity (Wildman–Crippen MR) is 124 cm³/mol. The molecule has 0 aliphatic carbocycles. The standard InChI is InChI=1S/C21H21ClN4O2S2/c1-4-16(19(28)23-17-12(2)8-7-9-13(17)3)29-21-26-25-20(30-21)24-18(27)14-10-5-6-11-15(14)22/h5-11,16H,4H2,1-3H3,(H,23,28)(H,24,25,27)/t16-/m0/s1. The van der Waals surface area contributed by atoms with Crippen molar-refractivity contribution in [1.82, 2.24) is 10.2 Å². The lowest BCUT2D eigenvalue weighted by Crippen LogP contribution is -2.25. The SMILES string of the molecule is CC[C@H](Sc1nnc(NC(=O)c2ccccc2Cl)s1)C(=O)Nc1c(C)cccc1C. The minimum Gasteiger partial charge on any atom is -0.325 e. The fraction of sp³-hybridized carbons (Fsp3) is 0.238. The number of aryl methyl sites for hydroxylation is 2. The molecule has 2 amide bonds. The van der Waals surface area contributed by atoms with E-state index in [1.54, 1.807) is 24.3 Å². The van der Waals surface area contributed by atoms with Gasteiger partial charge in [0.1, 0.15) is 0 Å². The summed E-state index contributed by atoms with van der Waals surface area (Å²) >= 11 is 8.61. The number of amides is 2. The maximum atomic E-state index is 12.8. The van der Waals surface area contributed by atoms with Crippen LogP contribution in [-0.2, 0) is 4.79 Å². The van der Waals surface area contributed by atoms with Crippen molar-refractivity contribution in [3.8, 4) is 0 Å². The molecule has 0 spiro atoms. The first-order valence-electron chi connectivity index (χ1n) is 9.32. The van der Waals surface area contributed by atoms with Crippen LogP contribution in [0.5, 0.6) is 0 Å². The summed E-state index contributed by atoms with van der Waals surface area (Å²) in [6, 6.07) is 12.7. The highest BCUT2D eigenvalue weighted by molar-refractivity contribution is 8.02. The summed E-state index contributed by atoms with van der Waals surface area (Å²) in [5.74, 6) is -0.440. The molecular weight excluding hydrogens is 440 g/mol. The number of aromatic nitrogens is 2. The van der Waals surface area contributed by atoms with E-state index in [1.807, 2.05) is 39.0 Å². The molecular formula is C21H21ClN4O2S2. The molecule has 0 aliphatic heterocycles. The Labute approximate surface area is 188 Å². The number of anilines is 2. The van der Waals surface area contributed by atoms with Crippen LogP contribution in [0.1, 0.15) is 34.8 Å². The molecule has 0 fully saturated rings. The number of halogens is 1. The van der Waals surface area contributed by atoms with E-state index in [2.05, 4.69) is 20.8 Å². The van der Waals surface area contributed by atoms with E-state index < -0.39 is 0 Å². The maximum Gasteiger partial charge on any atom is 0.259 e. The van der Waals surface area contributed by atoms with Gasteiger partial charge in [0.05, 0.1) is 15.8 Å². The van der Waals surface area contributed by atoms with Crippen LogP contribution in [0, 0.1) is 13.8 Å². The van der Waals surface area contributed by atoms with Gasteiger partial charge in [-0.3, -0.25) is 14.9 Å². The van der Waals surface area contributed by atoms with Gasteiger partial charge >= 0.3 is 0 Å². The summed E-state index contributed by atoms with van der Waals surface area (Å²) in [5.41, 5.74) is 3.24. The van der Waals surface area contributed by atoms with Crippen molar-refractivity contribution in [3.05, 3.63) is 64.2 Å². The van der Waals surface area contributed by atoms with Gasteiger partial charge in [0.2, 0.25) is 11.0 Å². The van der Waals surface area contributed by atoms with E-state index in [1.165, 1.54) is 23.1 Å². The van der Waals surface area contributed by atoms with E-state index in [-0.39, 0.29) is 17.1 Å². The Morgan fingerprint density at radius 2 is 1.77 bits per heavy atom. The van der Waals surface area contributed by atoms with Crippen LogP contribution in [0.2, 0.25) is 5.02 Å². The van der Waals surface area contributed by atoms with Crippen molar-refractivity contribution < 1.29 is 9.59 Å². The highest BCUT2D eigenvalue weighted by Crippen LogP contribution is 2.32. The molecule has 3 rings (SSSR count). The fourth-order valence-electron chi connectivity index (χ4n) is 2.78. The van der Waals surface area contributed by atoms with Gasteiger partial charge in [-0.05, 0) is 43.5 Å². The van der Waals surface area contributed by atoms with Gasteiger partial charge < -0.3 is 5.32 Å². The number of carbonyl (C=O) groups is 2. The molecule has 30 heavy (non-hydrogen) atoms. The smallest absolute Gasteiger partial charge is 0.259 e. The lowest BCUT2D eigenvalue weighted by atomic mass is 10.1. The second kappa shape index (κ2) is 10.1. The summed E-state index contributed by atoms with van der Waals surface area (Å²) in [7, 11) is 0. The van der Waals surface area contributed by atoms with Crippen molar-refractivity contribution >= 4 is 57.3 Å². The Bertz CT molecular complexity index is 1050. The second-order valence-electron chi connectivity index (χ2n) is 6.58. The number of carbonyl (C=O) groups excluding carboxylic acids is 2. The predicted octanol–water partition coefficient (Wildman–Crippen LogP) is 5.57. The molecule has 1 aromatic heterocycles. The number of hydrogen-bond donors (Lipinski definition) is 2. The molecule has 156 valence electrons. The van der Waals surface area contributed by atoms with Gasteiger partial charge in [0, 0.05) is 5.69 Å². The van der Waals surface area contributed by atoms with Crippen LogP contribution in [0.15, 0.2) is 46.8 Å². The Kier molecular flexibility index (Phi) is 7.47. The minimum absolute atomic E-state index is 0.0863. The van der Waals surface area contributed by atoms with E-state index in [0.29, 0.717) is 26.5 Å². The fourth-order valence-corrected chi connectivity index (χ4v) is 4.91. The summed E-state index contributed by atoms with van der Waals surface area (Å²) in [4.78, 5) is 25.2. The van der Waals surface area contributed by atoms with Crippen molar-refractivity contribution in [1.29, 1.82) is 0 Å². The van der Waals surface area contributed by atoms with Gasteiger partial charge in [-0.2, -0.15) is 0 Å². The Morgan fingerprint density at radius 3 is 2.43 bits per heavy atom. The Balaban J connectivity index is 1.65. The summed E-state index contributed by atoms with van der Waals surface area (Å²) in [6.07, 6.45) is 0.627. The summed E-state index contributed by atoms with van der Waals surface area (Å²) in [6.45, 7) is 5.88. The number of hydrogen-bond acceptors (Lipinski definition) is 6. The minimum atomic E-state index is -0.354. The molecule has 3 aromatic rings. The largest absolute Gasteiger partial charge is 0.325 e. The van der Waals surface area contributed by atoms with Gasteiger partial charge in [0.15, 0.2) is 4.34 Å². The Morgan fingerprint density at radius 1 is 1.07 bits per heavy atom. The molecule has 0 saturated carbocycles. The molecule has 2 aromatic carbocycles. The van der Waals surface area contributed by atoms with Crippen molar-refractivity contribution in [3.63, 3.8) is 0 Å². The number of rotatable bonds is 7. The van der Waals surface area contributed by atoms with Gasteiger partial charge in [0.25, 0.3) is 5.91 Å². The highest BCUT2D eigenvalue weighted by atomic mass is 35.5. The van der Waals surface area contributed by atoms with E-state index >= 15 is 0 Å². The van der Waals surface area contributed by atoms with Crippen LogP contribution in [0.3, 0.4) is 0 Å². The van der Waals surface area contributed by atoms with Crippen molar-refractivity contribution in [2.75, 3.05) is 10.6 Å². The molecule has 0 saturated heterocycles. The topological polar surface area (TPSA) is 84.0 Å². The molecule has 9 heteroatoms. The van der Waals surface area contributed by atoms with Crippen LogP contribution in [-0.4, -0.2) is 27.3 Å². The number of benzene rings is 2. The van der Waals surface area contributed by atoms with E-state index in [4.69, 9.17) is 11.6 Å². The average Bonchev–Trinajstić information content (AvgIpc) is 3.16. The molecule has 1 heterocycles. The Hall–Kier alpha value is -2.42. The first-order valence-corrected chi connectivity index (χ1v) is 11.4. The maximum absolute atomic E-state index is 12.8. The van der Waals surface area contributed by atoms with Gasteiger partial charge in [-0.25, -0.2) is 0 Å². The normalized spacial score (nSPS) is 11.7. The summed E-state index contributed by atoms with van der Waals surface area (Å²) in [5, 5.41) is 14.2. The second-order valence-corrected chi connectivity index (χ2v) is 9.41. The number of thioether (sulfide) groups is 1. The zero-order valence-corrected chi connectivity index (χ0v) is 19.1. The zero-order valence-electron chi connectivity index (χ0n) is 16.7. The first-order chi connectivity index (χ1) is 14.4. The third-order valence-corrected chi connectivity index (χ3v) is 7.00. The van der Waals surface area contributed by atoms with Crippen molar-refractivity contribution in [2.45, 2.75) is 36.8 Å². The zero-order chi connectivity index (χ0) is 21.7. The number of nitrogens with one attached hydrogen (secondary N) is 2. The monoisotopic (exact) mass is 460 g/mol. The summed E-state index contributed by atoms with van der Waals surface area (Å²) < 4.78 is 0.605. The lowest BCUT2D eigenvalue weighted by molar-refractivity contribution is -0.115. The lowest BCUT2D eigenvalue weighted by Gasteiger charge is -2.16. The quantitative estimate of drug-likeness (QED) is 0.355. The molecule has 2 N–H and O–H groups in total. The number of para-hydroxylation sites is 1. The first kappa shape index (κ1) is 22.3.